The van der Waals surface area contributed by atoms with Crippen molar-refractivity contribution in [1.82, 2.24) is 4.90 Å². The zero-order valence-corrected chi connectivity index (χ0v) is 11.4. The second-order valence-corrected chi connectivity index (χ2v) is 6.24. The normalized spacial score (nSPS) is 13.4. The van der Waals surface area contributed by atoms with Crippen LogP contribution in [0.3, 0.4) is 0 Å². The maximum absolute atomic E-state index is 11.6. The molecule has 0 unspecified atom stereocenters. The lowest BCUT2D eigenvalue weighted by Gasteiger charge is -2.37. The molecule has 0 bridgehead atoms. The Morgan fingerprint density at radius 2 is 1.47 bits per heavy atom. The monoisotopic (exact) mass is 269 g/mol. The van der Waals surface area contributed by atoms with Crippen LogP contribution in [0.2, 0.25) is 0 Å². The summed E-state index contributed by atoms with van der Waals surface area (Å²) in [6.45, 7) is 4.11. The van der Waals surface area contributed by atoms with Crippen molar-refractivity contribution in [2.24, 2.45) is 0 Å². The zero-order chi connectivity index (χ0) is 13.5. The molecule has 0 heterocycles. The molecule has 17 heavy (non-hydrogen) atoms. The lowest BCUT2D eigenvalue weighted by molar-refractivity contribution is 0.140. The van der Waals surface area contributed by atoms with Gasteiger partial charge in [0, 0.05) is 19.6 Å². The molecule has 0 aliphatic heterocycles. The molecule has 0 aromatic heterocycles. The van der Waals surface area contributed by atoms with E-state index in [9.17, 15) is 14.4 Å². The SMILES string of the molecule is CCC(CC)(CN(CCO)CCO)P(=O)(O)O. The molecule has 0 aliphatic carbocycles. The van der Waals surface area contributed by atoms with E-state index in [2.05, 4.69) is 0 Å². The third-order valence-electron chi connectivity index (χ3n) is 3.28. The van der Waals surface area contributed by atoms with Gasteiger partial charge < -0.3 is 20.0 Å². The van der Waals surface area contributed by atoms with Crippen LogP contribution in [0.4, 0.5) is 0 Å². The van der Waals surface area contributed by atoms with Crippen molar-refractivity contribution in [2.45, 2.75) is 31.8 Å². The fraction of sp³-hybridized carbons (Fsp3) is 1.00. The van der Waals surface area contributed by atoms with Crippen LogP contribution in [0.1, 0.15) is 26.7 Å². The minimum absolute atomic E-state index is 0.0926. The quantitative estimate of drug-likeness (QED) is 0.440. The first kappa shape index (κ1) is 17.0. The van der Waals surface area contributed by atoms with Gasteiger partial charge in [-0.3, -0.25) is 9.46 Å². The highest BCUT2D eigenvalue weighted by atomic mass is 31.2. The van der Waals surface area contributed by atoms with E-state index in [-0.39, 0.29) is 19.8 Å². The molecule has 0 saturated heterocycles. The average Bonchev–Trinajstić information content (AvgIpc) is 2.24. The lowest BCUT2D eigenvalue weighted by Crippen LogP contribution is -2.44. The molecule has 0 amide bonds. The second-order valence-electron chi connectivity index (χ2n) is 4.20. The summed E-state index contributed by atoms with van der Waals surface area (Å²) in [6.07, 6.45) is 0.724. The summed E-state index contributed by atoms with van der Waals surface area (Å²) in [5.41, 5.74) is 0. The molecular weight excluding hydrogens is 245 g/mol. The van der Waals surface area contributed by atoms with Gasteiger partial charge in [-0.2, -0.15) is 0 Å². The van der Waals surface area contributed by atoms with Crippen LogP contribution >= 0.6 is 7.60 Å². The summed E-state index contributed by atoms with van der Waals surface area (Å²) in [6, 6.07) is 0. The van der Waals surface area contributed by atoms with Crippen molar-refractivity contribution in [1.29, 1.82) is 0 Å². The van der Waals surface area contributed by atoms with Gasteiger partial charge in [-0.1, -0.05) is 13.8 Å². The van der Waals surface area contributed by atoms with E-state index in [4.69, 9.17) is 10.2 Å². The van der Waals surface area contributed by atoms with E-state index in [1.165, 1.54) is 0 Å². The molecule has 4 N–H and O–H groups in total. The standard InChI is InChI=1S/C10H24NO5P/c1-3-10(4-2,17(14,15)16)9-11(5-7-12)6-8-13/h12-13H,3-9H2,1-2H3,(H2,14,15,16). The van der Waals surface area contributed by atoms with Gasteiger partial charge in [0.25, 0.3) is 0 Å². The van der Waals surface area contributed by atoms with Crippen LogP contribution in [-0.4, -0.2) is 62.9 Å². The van der Waals surface area contributed by atoms with Gasteiger partial charge in [0.2, 0.25) is 0 Å². The Balaban J connectivity index is 4.88. The van der Waals surface area contributed by atoms with Crippen LogP contribution in [-0.2, 0) is 4.57 Å². The highest BCUT2D eigenvalue weighted by Gasteiger charge is 2.44. The molecule has 6 nitrogen and oxygen atoms in total. The van der Waals surface area contributed by atoms with Gasteiger partial charge in [0.15, 0.2) is 0 Å². The molecular formula is C10H24NO5P. The lowest BCUT2D eigenvalue weighted by atomic mass is 10.0. The number of hydrogen-bond acceptors (Lipinski definition) is 4. The number of hydrogen-bond donors (Lipinski definition) is 4. The molecule has 7 heteroatoms. The Labute approximate surface area is 102 Å². The molecule has 104 valence electrons. The van der Waals surface area contributed by atoms with Crippen molar-refractivity contribution in [3.63, 3.8) is 0 Å². The van der Waals surface area contributed by atoms with Crippen LogP contribution in [0.5, 0.6) is 0 Å². The van der Waals surface area contributed by atoms with E-state index in [1.807, 2.05) is 0 Å². The molecule has 0 rings (SSSR count). The molecule has 0 saturated carbocycles. The molecule has 0 spiro atoms. The summed E-state index contributed by atoms with van der Waals surface area (Å²) in [4.78, 5) is 20.6. The first-order chi connectivity index (χ1) is 7.86. The highest BCUT2D eigenvalue weighted by molar-refractivity contribution is 7.53. The number of aliphatic hydroxyl groups is 2. The van der Waals surface area contributed by atoms with Gasteiger partial charge >= 0.3 is 7.60 Å². The first-order valence-electron chi connectivity index (χ1n) is 5.86. The largest absolute Gasteiger partial charge is 0.395 e. The average molecular weight is 269 g/mol. The first-order valence-corrected chi connectivity index (χ1v) is 7.47. The van der Waals surface area contributed by atoms with Crippen LogP contribution in [0, 0.1) is 0 Å². The van der Waals surface area contributed by atoms with Gasteiger partial charge in [0.1, 0.15) is 0 Å². The van der Waals surface area contributed by atoms with Crippen molar-refractivity contribution < 1.29 is 24.6 Å². The van der Waals surface area contributed by atoms with E-state index in [0.29, 0.717) is 25.9 Å². The highest BCUT2D eigenvalue weighted by Crippen LogP contribution is 2.54. The smallest absolute Gasteiger partial charge is 0.332 e. The fourth-order valence-corrected chi connectivity index (χ4v) is 3.15. The Morgan fingerprint density at radius 3 is 1.71 bits per heavy atom. The number of nitrogens with zero attached hydrogens (tertiary/aromatic N) is 1. The maximum Gasteiger partial charge on any atom is 0.332 e. The Kier molecular flexibility index (Phi) is 7.47. The maximum atomic E-state index is 11.6. The van der Waals surface area contributed by atoms with Gasteiger partial charge in [-0.15, -0.1) is 0 Å². The minimum atomic E-state index is -4.21. The Morgan fingerprint density at radius 1 is 1.06 bits per heavy atom. The predicted octanol–water partition coefficient (Wildman–Crippen LogP) is 0.00950. The minimum Gasteiger partial charge on any atom is -0.395 e. The van der Waals surface area contributed by atoms with Crippen LogP contribution in [0.25, 0.3) is 0 Å². The molecule has 0 atom stereocenters. The summed E-state index contributed by atoms with van der Waals surface area (Å²) in [5, 5.41) is 16.7. The fourth-order valence-electron chi connectivity index (χ4n) is 1.95. The number of rotatable bonds is 9. The third-order valence-corrected chi connectivity index (χ3v) is 5.29. The topological polar surface area (TPSA) is 101 Å². The molecule has 0 aromatic carbocycles. The van der Waals surface area contributed by atoms with Crippen molar-refractivity contribution >= 4 is 7.60 Å². The van der Waals surface area contributed by atoms with Gasteiger partial charge in [-0.05, 0) is 12.8 Å². The van der Waals surface area contributed by atoms with Crippen molar-refractivity contribution in [2.75, 3.05) is 32.8 Å². The third kappa shape index (κ3) is 4.66. The van der Waals surface area contributed by atoms with Gasteiger partial charge in [0.05, 0.1) is 18.4 Å². The number of aliphatic hydroxyl groups excluding tert-OH is 2. The summed E-state index contributed by atoms with van der Waals surface area (Å²) in [5.74, 6) is 0. The summed E-state index contributed by atoms with van der Waals surface area (Å²) in [7, 11) is -4.21. The second kappa shape index (κ2) is 7.46. The van der Waals surface area contributed by atoms with E-state index in [0.717, 1.165) is 0 Å². The molecule has 0 radical (unpaired) electrons. The Bertz CT molecular complexity index is 245. The van der Waals surface area contributed by atoms with E-state index < -0.39 is 12.8 Å². The molecule has 0 aromatic rings. The van der Waals surface area contributed by atoms with Crippen LogP contribution in [0.15, 0.2) is 0 Å². The summed E-state index contributed by atoms with van der Waals surface area (Å²) < 4.78 is 11.6. The van der Waals surface area contributed by atoms with Gasteiger partial charge in [-0.25, -0.2) is 0 Å². The van der Waals surface area contributed by atoms with E-state index >= 15 is 0 Å². The van der Waals surface area contributed by atoms with E-state index in [1.54, 1.807) is 18.7 Å². The Hall–Kier alpha value is 0.0300. The van der Waals surface area contributed by atoms with Crippen molar-refractivity contribution in [3.8, 4) is 0 Å². The predicted molar refractivity (Wildman–Crippen MR) is 66.0 cm³/mol. The summed E-state index contributed by atoms with van der Waals surface area (Å²) >= 11 is 0. The zero-order valence-electron chi connectivity index (χ0n) is 10.5. The molecule has 0 aliphatic rings. The molecule has 0 fully saturated rings. The van der Waals surface area contributed by atoms with Crippen LogP contribution < -0.4 is 0 Å². The van der Waals surface area contributed by atoms with Crippen molar-refractivity contribution in [3.05, 3.63) is 0 Å².